The van der Waals surface area contributed by atoms with E-state index in [1.165, 1.54) is 99.0 Å². The number of fused-ring (bicyclic) bond motifs is 12. The third-order valence-corrected chi connectivity index (χ3v) is 18.4. The lowest BCUT2D eigenvalue weighted by Gasteiger charge is -2.10. The van der Waals surface area contributed by atoms with Crippen LogP contribution in [0.25, 0.3) is 172 Å². The summed E-state index contributed by atoms with van der Waals surface area (Å²) in [5, 5.41) is 9.50. The predicted molar refractivity (Wildman–Crippen MR) is 389 cm³/mol. The molecule has 0 fully saturated rings. The maximum absolute atomic E-state index is 6.44. The number of hydrogen-bond donors (Lipinski definition) is 0. The second-order valence-corrected chi connectivity index (χ2v) is 23.9. The lowest BCUT2D eigenvalue weighted by Crippen LogP contribution is -2.00. The molecule has 7 nitrogen and oxygen atoms in total. The van der Waals surface area contributed by atoms with Gasteiger partial charge in [-0.3, -0.25) is 0 Å². The van der Waals surface area contributed by atoms with Crippen LogP contribution in [0, 0.1) is 0 Å². The fourth-order valence-corrected chi connectivity index (χ4v) is 14.0. The lowest BCUT2D eigenvalue weighted by atomic mass is 9.99. The van der Waals surface area contributed by atoms with Crippen molar-refractivity contribution in [3.05, 3.63) is 340 Å². The quantitative estimate of drug-likeness (QED) is 0.144. The molecule has 0 N–H and O–H groups in total. The molecule has 0 aliphatic heterocycles. The zero-order valence-electron chi connectivity index (χ0n) is 50.9. The van der Waals surface area contributed by atoms with Crippen LogP contribution >= 0.6 is 0 Å². The fourth-order valence-electron chi connectivity index (χ4n) is 14.0. The molecular formula is C87H56N6O. The van der Waals surface area contributed by atoms with Crippen LogP contribution in [0.3, 0.4) is 0 Å². The van der Waals surface area contributed by atoms with Crippen molar-refractivity contribution in [1.29, 1.82) is 0 Å². The topological polar surface area (TPSA) is 66.6 Å². The number of hydrogen-bond acceptors (Lipinski definition) is 4. The molecule has 94 heavy (non-hydrogen) atoms. The van der Waals surface area contributed by atoms with Crippen molar-refractivity contribution in [3.63, 3.8) is 0 Å². The summed E-state index contributed by atoms with van der Waals surface area (Å²) in [6, 6.07) is 120. The molecule has 0 bridgehead atoms. The van der Waals surface area contributed by atoms with Crippen LogP contribution in [0.2, 0.25) is 0 Å². The van der Waals surface area contributed by atoms with Crippen LogP contribution in [0.1, 0.15) is 0 Å². The summed E-state index contributed by atoms with van der Waals surface area (Å²) in [6.07, 6.45) is 0. The van der Waals surface area contributed by atoms with Gasteiger partial charge in [-0.25, -0.2) is 15.0 Å². The van der Waals surface area contributed by atoms with Gasteiger partial charge in [0.2, 0.25) is 0 Å². The van der Waals surface area contributed by atoms with Crippen LogP contribution in [0.4, 0.5) is 0 Å². The minimum Gasteiger partial charge on any atom is -0.456 e. The number of aromatic nitrogens is 6. The van der Waals surface area contributed by atoms with Gasteiger partial charge < -0.3 is 18.1 Å². The van der Waals surface area contributed by atoms with E-state index in [9.17, 15) is 0 Å². The third-order valence-electron chi connectivity index (χ3n) is 18.4. The monoisotopic (exact) mass is 1200 g/mol. The average Bonchev–Trinajstić information content (AvgIpc) is 1.59. The Balaban J connectivity index is 0.000000139. The molecule has 14 aromatic carbocycles. The van der Waals surface area contributed by atoms with Crippen LogP contribution < -0.4 is 0 Å². The average molecular weight is 1200 g/mol. The van der Waals surface area contributed by atoms with Gasteiger partial charge in [-0.15, -0.1) is 0 Å². The van der Waals surface area contributed by atoms with Crippen molar-refractivity contribution in [1.82, 2.24) is 28.7 Å². The Morgan fingerprint density at radius 2 is 0.532 bits per heavy atom. The molecular weight excluding hydrogens is 1140 g/mol. The van der Waals surface area contributed by atoms with Gasteiger partial charge in [0, 0.05) is 76.8 Å². The van der Waals surface area contributed by atoms with Crippen LogP contribution in [0.5, 0.6) is 0 Å². The van der Waals surface area contributed by atoms with Gasteiger partial charge in [-0.05, 0) is 143 Å². The maximum Gasteiger partial charge on any atom is 0.164 e. The van der Waals surface area contributed by atoms with Crippen LogP contribution in [0.15, 0.2) is 344 Å². The zero-order chi connectivity index (χ0) is 62.1. The molecule has 5 aromatic heterocycles. The second kappa shape index (κ2) is 22.6. The van der Waals surface area contributed by atoms with Gasteiger partial charge in [-0.1, -0.05) is 231 Å². The molecule has 0 saturated carbocycles. The van der Waals surface area contributed by atoms with Gasteiger partial charge in [-0.2, -0.15) is 0 Å². The molecule has 440 valence electrons. The first-order chi connectivity index (χ1) is 46.6. The highest BCUT2D eigenvalue weighted by Crippen LogP contribution is 2.42. The molecule has 0 saturated heterocycles. The van der Waals surface area contributed by atoms with Crippen molar-refractivity contribution in [2.75, 3.05) is 0 Å². The van der Waals surface area contributed by atoms with E-state index >= 15 is 0 Å². The first-order valence-electron chi connectivity index (χ1n) is 31.8. The molecule has 5 heterocycles. The second-order valence-electron chi connectivity index (χ2n) is 23.9. The molecule has 0 unspecified atom stereocenters. The van der Waals surface area contributed by atoms with E-state index in [0.29, 0.717) is 17.5 Å². The molecule has 19 aromatic rings. The van der Waals surface area contributed by atoms with E-state index in [4.69, 9.17) is 19.4 Å². The maximum atomic E-state index is 6.44. The smallest absolute Gasteiger partial charge is 0.164 e. The first kappa shape index (κ1) is 54.2. The van der Waals surface area contributed by atoms with Gasteiger partial charge in [0.1, 0.15) is 11.2 Å². The van der Waals surface area contributed by atoms with E-state index in [1.807, 2.05) is 72.8 Å². The molecule has 19 rings (SSSR count). The summed E-state index contributed by atoms with van der Waals surface area (Å²) < 4.78 is 13.5. The van der Waals surface area contributed by atoms with Gasteiger partial charge in [0.05, 0.1) is 33.1 Å². The van der Waals surface area contributed by atoms with Crippen molar-refractivity contribution in [3.8, 4) is 84.6 Å². The van der Waals surface area contributed by atoms with Gasteiger partial charge in [0.25, 0.3) is 0 Å². The Labute approximate surface area is 541 Å². The van der Waals surface area contributed by atoms with Crippen LogP contribution in [-0.4, -0.2) is 28.7 Å². The van der Waals surface area contributed by atoms with E-state index < -0.39 is 0 Å². The molecule has 0 aliphatic carbocycles. The Kier molecular flexibility index (Phi) is 13.1. The van der Waals surface area contributed by atoms with Gasteiger partial charge >= 0.3 is 0 Å². The molecule has 0 atom stereocenters. The van der Waals surface area contributed by atoms with E-state index in [1.54, 1.807) is 0 Å². The molecule has 7 heteroatoms. The fraction of sp³-hybridized carbons (Fsp3) is 0. The number of furan rings is 1. The lowest BCUT2D eigenvalue weighted by molar-refractivity contribution is 0.669. The molecule has 0 aliphatic rings. The Morgan fingerprint density at radius 1 is 0.202 bits per heavy atom. The minimum atomic E-state index is 0.603. The molecule has 0 spiro atoms. The van der Waals surface area contributed by atoms with Crippen molar-refractivity contribution in [2.24, 2.45) is 0 Å². The molecule has 0 radical (unpaired) electrons. The van der Waals surface area contributed by atoms with Crippen LogP contribution in [-0.2, 0) is 0 Å². The Hall–Kier alpha value is -12.7. The largest absolute Gasteiger partial charge is 0.456 e. The Morgan fingerprint density at radius 3 is 0.979 bits per heavy atom. The summed E-state index contributed by atoms with van der Waals surface area (Å²) in [6.45, 7) is 0. The minimum absolute atomic E-state index is 0.603. The summed E-state index contributed by atoms with van der Waals surface area (Å²) in [7, 11) is 0. The highest BCUT2D eigenvalue weighted by molar-refractivity contribution is 6.15. The first-order valence-corrected chi connectivity index (χ1v) is 31.8. The number of benzene rings is 14. The number of para-hydroxylation sites is 5. The Bertz CT molecular complexity index is 6010. The summed E-state index contributed by atoms with van der Waals surface area (Å²) in [4.78, 5) is 15.0. The summed E-state index contributed by atoms with van der Waals surface area (Å²) in [5.74, 6) is 1.86. The van der Waals surface area contributed by atoms with E-state index in [0.717, 1.165) is 55.4 Å². The number of rotatable bonds is 9. The van der Waals surface area contributed by atoms with Gasteiger partial charge in [0.15, 0.2) is 17.5 Å². The van der Waals surface area contributed by atoms with Crippen molar-refractivity contribution >= 4 is 87.4 Å². The van der Waals surface area contributed by atoms with Crippen molar-refractivity contribution in [2.45, 2.75) is 0 Å². The SMILES string of the molecule is c1ccc(-c2ccc(-n3c4ccccc4c4cc(-c5ccc6c(c5)c5ccccc5n6-c5ccccc5)ccc43)cc2)cc1.c1ccc(-c2nc(-c3ccccc3)nc(-c3cccc4oc5ccc(-c6ccc7c(c6)c6ccccc6n7-c6ccccc6)cc5c34)n2)cc1. The standard InChI is InChI=1S/C45H28N4O.C42H28N2/c1-4-13-29(14-5-1)43-46-44(30-15-6-2-7-16-30)48-45(47-43)35-20-12-22-41-42(35)37-28-32(24-26-40(37)50-41)31-23-25-39-36(27-31)34-19-10-11-21-38(34)49(39)33-17-8-3-9-18-33;1-3-11-29(12-4-1)30-19-23-34(24-20-30)44-40-18-10-8-16-36(40)38-28-32(22-26-42(38)44)31-21-25-41-37(27-31)35-15-7-9-17-39(35)43(41)33-13-5-2-6-14-33/h1-28H;1-28H. The highest BCUT2D eigenvalue weighted by atomic mass is 16.3. The molecule has 0 amide bonds. The normalized spacial score (nSPS) is 11.6. The zero-order valence-corrected chi connectivity index (χ0v) is 50.9. The van der Waals surface area contributed by atoms with E-state index in [2.05, 4.69) is 281 Å². The third kappa shape index (κ3) is 9.33. The summed E-state index contributed by atoms with van der Waals surface area (Å²) in [5.41, 5.74) is 22.3. The highest BCUT2D eigenvalue weighted by Gasteiger charge is 2.21. The predicted octanol–water partition coefficient (Wildman–Crippen LogP) is 22.8. The summed E-state index contributed by atoms with van der Waals surface area (Å²) >= 11 is 0. The number of nitrogens with zero attached hydrogens (tertiary/aromatic N) is 6. The van der Waals surface area contributed by atoms with Crippen molar-refractivity contribution < 1.29 is 4.42 Å². The van der Waals surface area contributed by atoms with E-state index in [-0.39, 0.29) is 0 Å².